The van der Waals surface area contributed by atoms with E-state index in [0.717, 1.165) is 30.1 Å². The number of pyridine rings is 1. The van der Waals surface area contributed by atoms with Crippen LogP contribution in [0.2, 0.25) is 0 Å². The minimum Gasteiger partial charge on any atom is -0.379 e. The van der Waals surface area contributed by atoms with E-state index in [1.165, 1.54) is 19.2 Å². The van der Waals surface area contributed by atoms with E-state index in [1.54, 1.807) is 6.07 Å². The van der Waals surface area contributed by atoms with E-state index in [4.69, 9.17) is 4.74 Å². The number of nitrogens with zero attached hydrogens (tertiary/aromatic N) is 4. The van der Waals surface area contributed by atoms with Gasteiger partial charge in [-0.3, -0.25) is 24.4 Å². The van der Waals surface area contributed by atoms with Crippen molar-refractivity contribution in [3.05, 3.63) is 59.2 Å². The zero-order valence-electron chi connectivity index (χ0n) is 23.8. The molecule has 2 saturated carbocycles. The summed E-state index contributed by atoms with van der Waals surface area (Å²) in [4.78, 5) is 33.9. The van der Waals surface area contributed by atoms with Gasteiger partial charge in [0.15, 0.2) is 6.19 Å². The third-order valence-corrected chi connectivity index (χ3v) is 8.55. The molecule has 0 spiro atoms. The van der Waals surface area contributed by atoms with Gasteiger partial charge in [0, 0.05) is 50.4 Å². The number of aromatic nitrogens is 1. The average molecular weight is 624 g/mol. The first-order valence-corrected chi connectivity index (χ1v) is 14.3. The van der Waals surface area contributed by atoms with Crippen LogP contribution >= 0.6 is 0 Å². The average Bonchev–Trinajstić information content (AvgIpc) is 3.75. The summed E-state index contributed by atoms with van der Waals surface area (Å²) < 4.78 is 91.9. The van der Waals surface area contributed by atoms with Crippen molar-refractivity contribution in [2.45, 2.75) is 87.2 Å². The van der Waals surface area contributed by atoms with Crippen LogP contribution in [0.15, 0.2) is 36.7 Å². The number of rotatable bonds is 8. The Bertz CT molecular complexity index is 1430. The molecule has 3 fully saturated rings. The van der Waals surface area contributed by atoms with Crippen LogP contribution in [-0.4, -0.2) is 59.5 Å². The van der Waals surface area contributed by atoms with Gasteiger partial charge >= 0.3 is 6.18 Å². The van der Waals surface area contributed by atoms with Crippen LogP contribution in [0, 0.1) is 17.3 Å². The molecular weight excluding hydrogens is 592 g/mol. The van der Waals surface area contributed by atoms with Crippen LogP contribution in [0.5, 0.6) is 0 Å². The molecule has 0 bridgehead atoms. The maximum absolute atomic E-state index is 15.9. The van der Waals surface area contributed by atoms with E-state index in [-0.39, 0.29) is 31.7 Å². The molecular formula is C30H31F6N5O3. The van der Waals surface area contributed by atoms with Gasteiger partial charge in [-0.1, -0.05) is 6.07 Å². The number of amides is 2. The van der Waals surface area contributed by atoms with Gasteiger partial charge in [-0.2, -0.15) is 18.4 Å². The highest BCUT2D eigenvalue weighted by atomic mass is 19.4. The second-order valence-corrected chi connectivity index (χ2v) is 11.6. The van der Waals surface area contributed by atoms with Gasteiger partial charge in [-0.25, -0.2) is 13.2 Å². The number of anilines is 1. The summed E-state index contributed by atoms with van der Waals surface area (Å²) >= 11 is 0. The number of nitrogens with one attached hydrogen (secondary N) is 1. The van der Waals surface area contributed by atoms with Gasteiger partial charge in [0.05, 0.1) is 23.9 Å². The van der Waals surface area contributed by atoms with E-state index in [1.807, 2.05) is 6.19 Å². The first-order valence-electron chi connectivity index (χ1n) is 14.3. The third kappa shape index (κ3) is 6.62. The number of carbonyl (C=O) groups is 2. The number of ether oxygens (including phenoxy) is 1. The second kappa shape index (κ2) is 12.3. The number of nitriles is 1. The molecule has 236 valence electrons. The summed E-state index contributed by atoms with van der Waals surface area (Å²) in [5, 5.41) is 12.3. The van der Waals surface area contributed by atoms with E-state index < -0.39 is 83.6 Å². The summed E-state index contributed by atoms with van der Waals surface area (Å²) in [5.41, 5.74) is -1.85. The molecule has 1 aliphatic heterocycles. The molecule has 0 radical (unpaired) electrons. The summed E-state index contributed by atoms with van der Waals surface area (Å²) in [6.45, 7) is -0.00576. The highest BCUT2D eigenvalue weighted by molar-refractivity contribution is 6.04. The van der Waals surface area contributed by atoms with E-state index >= 15 is 4.39 Å². The Labute approximate surface area is 250 Å². The molecule has 1 aromatic carbocycles. The lowest BCUT2D eigenvalue weighted by Crippen LogP contribution is -2.52. The Morgan fingerprint density at radius 3 is 2.48 bits per heavy atom. The number of halogens is 6. The van der Waals surface area contributed by atoms with Crippen molar-refractivity contribution in [2.75, 3.05) is 18.6 Å². The molecule has 2 aliphatic carbocycles. The molecule has 2 amide bonds. The van der Waals surface area contributed by atoms with Crippen molar-refractivity contribution in [3.63, 3.8) is 0 Å². The fourth-order valence-corrected chi connectivity index (χ4v) is 5.99. The number of likely N-dealkylation sites (tertiary alicyclic amines) is 1. The van der Waals surface area contributed by atoms with E-state index in [0.29, 0.717) is 16.5 Å². The van der Waals surface area contributed by atoms with Gasteiger partial charge in [0.2, 0.25) is 11.8 Å². The van der Waals surface area contributed by atoms with Crippen LogP contribution in [-0.2, 0) is 20.5 Å². The summed E-state index contributed by atoms with van der Waals surface area (Å²) in [7, 11) is 1.37. The Balaban J connectivity index is 1.64. The minimum atomic E-state index is -5.00. The van der Waals surface area contributed by atoms with Gasteiger partial charge in [0.1, 0.15) is 17.9 Å². The van der Waals surface area contributed by atoms with Crippen LogP contribution in [0.25, 0.3) is 0 Å². The fraction of sp³-hybridized carbons (Fsp3) is 0.533. The normalized spacial score (nSPS) is 22.7. The molecule has 5 rings (SSSR count). The largest absolute Gasteiger partial charge is 0.416 e. The van der Waals surface area contributed by atoms with E-state index in [2.05, 4.69) is 10.3 Å². The predicted octanol–water partition coefficient (Wildman–Crippen LogP) is 5.46. The predicted molar refractivity (Wildman–Crippen MR) is 145 cm³/mol. The maximum Gasteiger partial charge on any atom is 0.416 e. The molecule has 3 aliphatic rings. The molecule has 3 atom stereocenters. The molecule has 2 aromatic rings. The number of hydrogen-bond donors (Lipinski definition) is 1. The lowest BCUT2D eigenvalue weighted by atomic mass is 9.91. The Hall–Kier alpha value is -3.86. The zero-order chi connectivity index (χ0) is 31.8. The Kier molecular flexibility index (Phi) is 8.80. The smallest absolute Gasteiger partial charge is 0.379 e. The molecule has 1 saturated heterocycles. The fourth-order valence-electron chi connectivity index (χ4n) is 5.99. The topological polar surface area (TPSA) is 98.6 Å². The molecule has 1 N–H and O–H groups in total. The number of carbonyl (C=O) groups excluding carboxylic acids is 2. The molecule has 1 unspecified atom stereocenters. The molecule has 8 nitrogen and oxygen atoms in total. The standard InChI is InChI=1S/C30H31F6N5O3/c1-44-20-13-25(40(15-20)16-37)28(43)41(24-5-4-18(12-23(24)31)17-2-3-17)26(21-14-38-11-8-22(21)30(34,35)36)27(42)39-19-6-9-29(32,33)10-7-19/h4-5,8,11-12,14,17,19-20,25-26H,2-3,6-7,9-10,13,15H2,1H3,(H,39,42)/t20-,25-,26?/m1/s1. The Morgan fingerprint density at radius 1 is 1.18 bits per heavy atom. The van der Waals surface area contributed by atoms with Crippen LogP contribution in [0.3, 0.4) is 0 Å². The van der Waals surface area contributed by atoms with Crippen LogP contribution in [0.1, 0.15) is 73.6 Å². The molecule has 44 heavy (non-hydrogen) atoms. The zero-order valence-corrected chi connectivity index (χ0v) is 23.8. The van der Waals surface area contributed by atoms with Gasteiger partial charge in [0.25, 0.3) is 5.91 Å². The maximum atomic E-state index is 15.9. The number of benzene rings is 1. The number of methoxy groups -OCH3 is 1. The minimum absolute atomic E-state index is 0.00576. The van der Waals surface area contributed by atoms with Crippen molar-refractivity contribution in [2.24, 2.45) is 0 Å². The lowest BCUT2D eigenvalue weighted by Gasteiger charge is -2.37. The van der Waals surface area contributed by atoms with Gasteiger partial charge in [-0.05, 0) is 55.4 Å². The summed E-state index contributed by atoms with van der Waals surface area (Å²) in [5.74, 6) is -5.91. The number of alkyl halides is 5. The lowest BCUT2D eigenvalue weighted by molar-refractivity contribution is -0.139. The monoisotopic (exact) mass is 623 g/mol. The first kappa shape index (κ1) is 31.6. The molecule has 1 aromatic heterocycles. The SMILES string of the molecule is CO[C@@H]1C[C@H](C(=O)N(c2ccc(C3CC3)cc2F)C(C(=O)NC2CCC(F)(F)CC2)c2cnccc2C(F)(F)F)N(C#N)C1. The second-order valence-electron chi connectivity index (χ2n) is 11.6. The van der Waals surface area contributed by atoms with E-state index in [9.17, 15) is 36.8 Å². The highest BCUT2D eigenvalue weighted by Crippen LogP contribution is 2.43. The Morgan fingerprint density at radius 2 is 1.89 bits per heavy atom. The molecule has 14 heteroatoms. The van der Waals surface area contributed by atoms with Gasteiger partial charge < -0.3 is 10.1 Å². The summed E-state index contributed by atoms with van der Waals surface area (Å²) in [6, 6.07) is 0.399. The van der Waals surface area contributed by atoms with Crippen LogP contribution < -0.4 is 10.2 Å². The highest BCUT2D eigenvalue weighted by Gasteiger charge is 2.47. The number of hydrogen-bond acceptors (Lipinski definition) is 6. The quantitative estimate of drug-likeness (QED) is 0.310. The van der Waals surface area contributed by atoms with Crippen molar-refractivity contribution >= 4 is 17.5 Å². The first-order chi connectivity index (χ1) is 20.8. The molecule has 2 heterocycles. The third-order valence-electron chi connectivity index (χ3n) is 8.55. The van der Waals surface area contributed by atoms with Crippen molar-refractivity contribution in [1.82, 2.24) is 15.2 Å². The van der Waals surface area contributed by atoms with Crippen molar-refractivity contribution in [3.8, 4) is 6.19 Å². The van der Waals surface area contributed by atoms with Gasteiger partial charge in [-0.15, -0.1) is 0 Å². The van der Waals surface area contributed by atoms with Crippen molar-refractivity contribution in [1.29, 1.82) is 5.26 Å². The summed E-state index contributed by atoms with van der Waals surface area (Å²) in [6.07, 6.45) is -1.83. The van der Waals surface area contributed by atoms with Crippen molar-refractivity contribution < 1.29 is 40.7 Å². The van der Waals surface area contributed by atoms with Crippen LogP contribution in [0.4, 0.5) is 32.0 Å².